The molecule has 7 heteroatoms. The maximum Gasteiger partial charge on any atom is 0.269 e. The van der Waals surface area contributed by atoms with Crippen molar-refractivity contribution in [3.8, 4) is 0 Å². The van der Waals surface area contributed by atoms with Gasteiger partial charge in [0.2, 0.25) is 5.91 Å². The van der Waals surface area contributed by atoms with Crippen molar-refractivity contribution in [1.82, 2.24) is 0 Å². The van der Waals surface area contributed by atoms with Crippen LogP contribution >= 0.6 is 27.7 Å². The van der Waals surface area contributed by atoms with E-state index in [-0.39, 0.29) is 22.6 Å². The summed E-state index contributed by atoms with van der Waals surface area (Å²) in [7, 11) is 0. The Hall–Kier alpha value is -1.86. The van der Waals surface area contributed by atoms with E-state index in [0.717, 1.165) is 21.3 Å². The second-order valence-corrected chi connectivity index (χ2v) is 7.52. The van der Waals surface area contributed by atoms with Crippen molar-refractivity contribution in [2.45, 2.75) is 19.1 Å². The molecule has 0 radical (unpaired) electrons. The molecular weight excluding hydrogens is 392 g/mol. The normalized spacial score (nSPS) is 11.8. The molecule has 0 unspecified atom stereocenters. The molecule has 2 rings (SSSR count). The van der Waals surface area contributed by atoms with Crippen molar-refractivity contribution in [1.29, 1.82) is 0 Å². The third-order valence-electron chi connectivity index (χ3n) is 3.41. The number of halogens is 1. The molecule has 126 valence electrons. The highest BCUT2D eigenvalue weighted by molar-refractivity contribution is 9.10. The molecule has 5 nitrogen and oxygen atoms in total. The lowest BCUT2D eigenvalue weighted by Crippen LogP contribution is -2.15. The topological polar surface area (TPSA) is 72.2 Å². The molecule has 1 N–H and O–H groups in total. The number of benzene rings is 2. The summed E-state index contributed by atoms with van der Waals surface area (Å²) in [5, 5.41) is 13.7. The van der Waals surface area contributed by atoms with Crippen molar-refractivity contribution in [3.63, 3.8) is 0 Å². The van der Waals surface area contributed by atoms with Gasteiger partial charge in [-0.05, 0) is 53.0 Å². The van der Waals surface area contributed by atoms with E-state index in [9.17, 15) is 14.9 Å². The molecule has 0 saturated carbocycles. The summed E-state index contributed by atoms with van der Waals surface area (Å²) in [6.45, 7) is 3.91. The molecule has 0 aromatic heterocycles. The van der Waals surface area contributed by atoms with Crippen LogP contribution in [0.5, 0.6) is 0 Å². The third-order valence-corrected chi connectivity index (χ3v) is 5.27. The zero-order valence-corrected chi connectivity index (χ0v) is 15.7. The van der Waals surface area contributed by atoms with E-state index in [1.54, 1.807) is 12.1 Å². The van der Waals surface area contributed by atoms with Crippen molar-refractivity contribution in [2.75, 3.05) is 11.1 Å². The van der Waals surface area contributed by atoms with Gasteiger partial charge in [0.05, 0.1) is 16.4 Å². The van der Waals surface area contributed by atoms with Crippen LogP contribution in [0.25, 0.3) is 0 Å². The highest BCUT2D eigenvalue weighted by Gasteiger charge is 2.13. The standard InChI is InChI=1S/C17H17BrN2O3S/c1-11-6-7-16(15(18)8-11)19-17(21)10-24-12(2)13-4-3-5-14(9-13)20(22)23/h3-9,12H,10H2,1-2H3,(H,19,21)/t12-/m1/s1. The molecule has 1 amide bonds. The fourth-order valence-electron chi connectivity index (χ4n) is 2.10. The smallest absolute Gasteiger partial charge is 0.269 e. The number of nitrogens with zero attached hydrogens (tertiary/aromatic N) is 1. The van der Waals surface area contributed by atoms with E-state index in [1.807, 2.05) is 38.1 Å². The number of carbonyl (C=O) groups is 1. The minimum Gasteiger partial charge on any atom is -0.324 e. The summed E-state index contributed by atoms with van der Waals surface area (Å²) in [6, 6.07) is 12.2. The minimum atomic E-state index is -0.414. The SMILES string of the molecule is Cc1ccc(NC(=O)CS[C@H](C)c2cccc([N+](=O)[O-])c2)c(Br)c1. The van der Waals surface area contributed by atoms with E-state index in [4.69, 9.17) is 0 Å². The van der Waals surface area contributed by atoms with Gasteiger partial charge in [-0.15, -0.1) is 11.8 Å². The van der Waals surface area contributed by atoms with Crippen molar-refractivity contribution < 1.29 is 9.72 Å². The molecule has 2 aromatic carbocycles. The largest absolute Gasteiger partial charge is 0.324 e. The van der Waals surface area contributed by atoms with Gasteiger partial charge in [-0.2, -0.15) is 0 Å². The maximum atomic E-state index is 12.1. The van der Waals surface area contributed by atoms with Crippen LogP contribution in [0.4, 0.5) is 11.4 Å². The second-order valence-electron chi connectivity index (χ2n) is 5.34. The quantitative estimate of drug-likeness (QED) is 0.532. The molecule has 0 bridgehead atoms. The minimum absolute atomic E-state index is 0.0166. The lowest BCUT2D eigenvalue weighted by atomic mass is 10.1. The first-order valence-corrected chi connectivity index (χ1v) is 9.13. The van der Waals surface area contributed by atoms with Gasteiger partial charge < -0.3 is 5.32 Å². The molecule has 0 aliphatic carbocycles. The van der Waals surface area contributed by atoms with E-state index in [0.29, 0.717) is 0 Å². The molecule has 1 atom stereocenters. The number of anilines is 1. The van der Waals surface area contributed by atoms with Crippen LogP contribution in [-0.2, 0) is 4.79 Å². The van der Waals surface area contributed by atoms with Gasteiger partial charge in [0.1, 0.15) is 0 Å². The van der Waals surface area contributed by atoms with Gasteiger partial charge in [-0.3, -0.25) is 14.9 Å². The molecule has 0 aliphatic heterocycles. The zero-order chi connectivity index (χ0) is 17.7. The van der Waals surface area contributed by atoms with Crippen LogP contribution in [0.15, 0.2) is 46.9 Å². The van der Waals surface area contributed by atoms with Gasteiger partial charge in [-0.1, -0.05) is 18.2 Å². The third kappa shape index (κ3) is 5.07. The van der Waals surface area contributed by atoms with Crippen LogP contribution in [0.3, 0.4) is 0 Å². The van der Waals surface area contributed by atoms with Crippen LogP contribution in [0.2, 0.25) is 0 Å². The number of nitrogens with one attached hydrogen (secondary N) is 1. The summed E-state index contributed by atoms with van der Waals surface area (Å²) >= 11 is 4.86. The Bertz CT molecular complexity index is 767. The van der Waals surface area contributed by atoms with Crippen molar-refractivity contribution >= 4 is 45.0 Å². The van der Waals surface area contributed by atoms with E-state index in [1.165, 1.54) is 17.8 Å². The van der Waals surface area contributed by atoms with Crippen LogP contribution in [-0.4, -0.2) is 16.6 Å². The molecule has 0 aliphatic rings. The predicted molar refractivity (Wildman–Crippen MR) is 101 cm³/mol. The molecule has 24 heavy (non-hydrogen) atoms. The number of aryl methyl sites for hydroxylation is 1. The highest BCUT2D eigenvalue weighted by atomic mass is 79.9. The Morgan fingerprint density at radius 1 is 1.33 bits per heavy atom. The number of thioether (sulfide) groups is 1. The van der Waals surface area contributed by atoms with Crippen molar-refractivity contribution in [2.24, 2.45) is 0 Å². The van der Waals surface area contributed by atoms with Gasteiger partial charge in [0.15, 0.2) is 0 Å². The highest BCUT2D eigenvalue weighted by Crippen LogP contribution is 2.30. The predicted octanol–water partition coefficient (Wildman–Crippen LogP) is 5.10. The van der Waals surface area contributed by atoms with Gasteiger partial charge >= 0.3 is 0 Å². The summed E-state index contributed by atoms with van der Waals surface area (Å²) < 4.78 is 0.840. The Balaban J connectivity index is 1.93. The lowest BCUT2D eigenvalue weighted by molar-refractivity contribution is -0.384. The van der Waals surface area contributed by atoms with Gasteiger partial charge in [0, 0.05) is 21.9 Å². The Morgan fingerprint density at radius 2 is 2.08 bits per heavy atom. The number of non-ortho nitro benzene ring substituents is 1. The number of nitro benzene ring substituents is 1. The molecule has 0 saturated heterocycles. The Labute approximate surface area is 153 Å². The number of amides is 1. The fourth-order valence-corrected chi connectivity index (χ4v) is 3.50. The van der Waals surface area contributed by atoms with Gasteiger partial charge in [-0.25, -0.2) is 0 Å². The van der Waals surface area contributed by atoms with Crippen molar-refractivity contribution in [3.05, 3.63) is 68.2 Å². The number of hydrogen-bond acceptors (Lipinski definition) is 4. The first kappa shape index (κ1) is 18.5. The monoisotopic (exact) mass is 408 g/mol. The number of nitro groups is 1. The number of carbonyl (C=O) groups excluding carboxylic acids is 1. The second kappa shape index (κ2) is 8.30. The number of rotatable bonds is 6. The van der Waals surface area contributed by atoms with E-state index in [2.05, 4.69) is 21.2 Å². The zero-order valence-electron chi connectivity index (χ0n) is 13.3. The average molecular weight is 409 g/mol. The van der Waals surface area contributed by atoms with Crippen LogP contribution in [0.1, 0.15) is 23.3 Å². The van der Waals surface area contributed by atoms with E-state index >= 15 is 0 Å². The van der Waals surface area contributed by atoms with Gasteiger partial charge in [0.25, 0.3) is 5.69 Å². The average Bonchev–Trinajstić information content (AvgIpc) is 2.55. The molecule has 0 heterocycles. The number of hydrogen-bond donors (Lipinski definition) is 1. The van der Waals surface area contributed by atoms with Crippen LogP contribution in [0, 0.1) is 17.0 Å². The molecular formula is C17H17BrN2O3S. The molecule has 0 spiro atoms. The summed E-state index contributed by atoms with van der Waals surface area (Å²) in [5.41, 5.74) is 2.73. The lowest BCUT2D eigenvalue weighted by Gasteiger charge is -2.12. The summed E-state index contributed by atoms with van der Waals surface area (Å²) in [5.74, 6) is 0.159. The molecule has 2 aromatic rings. The fraction of sp³-hybridized carbons (Fsp3) is 0.235. The first-order chi connectivity index (χ1) is 11.4. The van der Waals surface area contributed by atoms with E-state index < -0.39 is 4.92 Å². The van der Waals surface area contributed by atoms with Crippen LogP contribution < -0.4 is 5.32 Å². The maximum absolute atomic E-state index is 12.1. The summed E-state index contributed by atoms with van der Waals surface area (Å²) in [4.78, 5) is 22.5. The Kier molecular flexibility index (Phi) is 6.39. The molecule has 0 fully saturated rings. The first-order valence-electron chi connectivity index (χ1n) is 7.29. The summed E-state index contributed by atoms with van der Waals surface area (Å²) in [6.07, 6.45) is 0. The Morgan fingerprint density at radius 3 is 2.75 bits per heavy atom.